The Morgan fingerprint density at radius 1 is 1.03 bits per heavy atom. The second kappa shape index (κ2) is 7.69. The Morgan fingerprint density at radius 3 is 2.48 bits per heavy atom. The summed E-state index contributed by atoms with van der Waals surface area (Å²) in [5.74, 6) is 1.03. The molecule has 29 heavy (non-hydrogen) atoms. The summed E-state index contributed by atoms with van der Waals surface area (Å²) >= 11 is 6.14. The minimum atomic E-state index is 0.617. The number of aromatic nitrogens is 3. The molecule has 0 fully saturated rings. The van der Waals surface area contributed by atoms with Gasteiger partial charge in [0.25, 0.3) is 0 Å². The van der Waals surface area contributed by atoms with E-state index in [-0.39, 0.29) is 0 Å². The summed E-state index contributed by atoms with van der Waals surface area (Å²) in [7, 11) is 0. The minimum absolute atomic E-state index is 0.617. The molecule has 0 saturated heterocycles. The number of nitriles is 1. The summed E-state index contributed by atoms with van der Waals surface area (Å²) in [6.07, 6.45) is 0.848. The fraction of sp³-hybridized carbons (Fsp3) is 0.208. The second-order valence-electron chi connectivity index (χ2n) is 7.22. The van der Waals surface area contributed by atoms with Crippen LogP contribution in [0.4, 0.5) is 0 Å². The van der Waals surface area contributed by atoms with Gasteiger partial charge in [-0.1, -0.05) is 42.8 Å². The number of fused-ring (bicyclic) bond motifs is 1. The molecule has 2 heterocycles. The average molecular weight is 401 g/mol. The van der Waals surface area contributed by atoms with Crippen LogP contribution in [0.3, 0.4) is 0 Å². The first-order valence-electron chi connectivity index (χ1n) is 9.62. The van der Waals surface area contributed by atoms with Crippen LogP contribution in [0.5, 0.6) is 0 Å². The Labute approximate surface area is 175 Å². The van der Waals surface area contributed by atoms with E-state index >= 15 is 0 Å². The Kier molecular flexibility index (Phi) is 5.08. The van der Waals surface area contributed by atoms with Crippen LogP contribution in [0, 0.1) is 25.2 Å². The predicted molar refractivity (Wildman–Crippen MR) is 117 cm³/mol. The number of imidazole rings is 1. The lowest BCUT2D eigenvalue weighted by atomic mass is 9.99. The van der Waals surface area contributed by atoms with Gasteiger partial charge in [0, 0.05) is 22.7 Å². The van der Waals surface area contributed by atoms with Gasteiger partial charge in [-0.15, -0.1) is 0 Å². The van der Waals surface area contributed by atoms with Gasteiger partial charge in [-0.25, -0.2) is 9.97 Å². The molecular formula is C24H21ClN4. The first-order chi connectivity index (χ1) is 14.0. The molecule has 4 nitrogen and oxygen atoms in total. The zero-order valence-corrected chi connectivity index (χ0v) is 17.5. The summed E-state index contributed by atoms with van der Waals surface area (Å²) in [6.45, 7) is 6.92. The van der Waals surface area contributed by atoms with E-state index in [1.165, 1.54) is 0 Å². The number of aryl methyl sites for hydroxylation is 3. The SMILES string of the molecule is CCc1nc2c(C)cc(C)nc2n1Cc1ccc(-c2cc(Cl)ccc2C#N)cc1. The zero-order chi connectivity index (χ0) is 20.5. The molecule has 0 aliphatic heterocycles. The molecule has 4 rings (SSSR count). The van der Waals surface area contributed by atoms with Gasteiger partial charge in [0.2, 0.25) is 0 Å². The molecule has 0 spiro atoms. The molecule has 0 aliphatic carbocycles. The molecule has 0 unspecified atom stereocenters. The molecule has 0 aliphatic rings. The maximum atomic E-state index is 9.39. The highest BCUT2D eigenvalue weighted by molar-refractivity contribution is 6.30. The van der Waals surface area contributed by atoms with Crippen LogP contribution in [0.2, 0.25) is 5.02 Å². The van der Waals surface area contributed by atoms with Gasteiger partial charge in [-0.05, 0) is 54.8 Å². The van der Waals surface area contributed by atoms with E-state index in [0.29, 0.717) is 17.1 Å². The number of pyridine rings is 1. The maximum absolute atomic E-state index is 9.39. The highest BCUT2D eigenvalue weighted by Crippen LogP contribution is 2.28. The molecule has 2 aromatic heterocycles. The molecule has 0 bridgehead atoms. The molecule has 5 heteroatoms. The van der Waals surface area contributed by atoms with E-state index < -0.39 is 0 Å². The normalized spacial score (nSPS) is 11.0. The van der Waals surface area contributed by atoms with Crippen molar-refractivity contribution in [3.8, 4) is 17.2 Å². The van der Waals surface area contributed by atoms with E-state index in [1.54, 1.807) is 12.1 Å². The summed E-state index contributed by atoms with van der Waals surface area (Å²) in [4.78, 5) is 9.56. The van der Waals surface area contributed by atoms with Crippen molar-refractivity contribution in [2.24, 2.45) is 0 Å². The Hall–Kier alpha value is -3.16. The quantitative estimate of drug-likeness (QED) is 0.431. The van der Waals surface area contributed by atoms with Gasteiger partial charge >= 0.3 is 0 Å². The molecule has 144 valence electrons. The molecule has 0 N–H and O–H groups in total. The monoisotopic (exact) mass is 400 g/mol. The molecule has 4 aromatic rings. The number of nitrogens with zero attached hydrogens (tertiary/aromatic N) is 4. The Bertz CT molecular complexity index is 1250. The molecule has 0 amide bonds. The summed E-state index contributed by atoms with van der Waals surface area (Å²) in [5.41, 5.74) is 7.66. The van der Waals surface area contributed by atoms with E-state index in [4.69, 9.17) is 21.6 Å². The molecular weight excluding hydrogens is 380 g/mol. The van der Waals surface area contributed by atoms with Crippen LogP contribution < -0.4 is 0 Å². The summed E-state index contributed by atoms with van der Waals surface area (Å²) < 4.78 is 2.20. The Morgan fingerprint density at radius 2 is 1.79 bits per heavy atom. The van der Waals surface area contributed by atoms with E-state index in [2.05, 4.69) is 42.7 Å². The second-order valence-corrected chi connectivity index (χ2v) is 7.66. The van der Waals surface area contributed by atoms with Gasteiger partial charge in [0.15, 0.2) is 5.65 Å². The van der Waals surface area contributed by atoms with Gasteiger partial charge < -0.3 is 4.57 Å². The standard InChI is InChI=1S/C24H21ClN4/c1-4-22-28-23-15(2)11-16(3)27-24(23)29(22)14-17-5-7-18(8-6-17)21-12-20(25)10-9-19(21)13-26/h5-12H,4,14H2,1-3H3. The van der Waals surface area contributed by atoms with Gasteiger partial charge in [-0.3, -0.25) is 0 Å². The fourth-order valence-corrected chi connectivity index (χ4v) is 3.88. The summed E-state index contributed by atoms with van der Waals surface area (Å²) in [6, 6.07) is 17.9. The van der Waals surface area contributed by atoms with Crippen molar-refractivity contribution in [2.75, 3.05) is 0 Å². The Balaban J connectivity index is 1.72. The van der Waals surface area contributed by atoms with Crippen molar-refractivity contribution in [3.05, 3.63) is 81.8 Å². The van der Waals surface area contributed by atoms with Crippen LogP contribution in [0.1, 0.15) is 35.1 Å². The maximum Gasteiger partial charge on any atom is 0.160 e. The third-order valence-corrected chi connectivity index (χ3v) is 5.36. The minimum Gasteiger partial charge on any atom is -0.308 e. The van der Waals surface area contributed by atoms with Crippen molar-refractivity contribution < 1.29 is 0 Å². The predicted octanol–water partition coefficient (Wildman–Crippen LogP) is 5.85. The summed E-state index contributed by atoms with van der Waals surface area (Å²) in [5, 5.41) is 10.0. The van der Waals surface area contributed by atoms with Crippen LogP contribution >= 0.6 is 11.6 Å². The first-order valence-corrected chi connectivity index (χ1v) is 10.00. The van der Waals surface area contributed by atoms with Gasteiger partial charge in [0.05, 0.1) is 18.2 Å². The smallest absolute Gasteiger partial charge is 0.160 e. The zero-order valence-electron chi connectivity index (χ0n) is 16.7. The number of rotatable bonds is 4. The van der Waals surface area contributed by atoms with Crippen molar-refractivity contribution in [3.63, 3.8) is 0 Å². The van der Waals surface area contributed by atoms with E-state index in [9.17, 15) is 5.26 Å². The van der Waals surface area contributed by atoms with Crippen molar-refractivity contribution in [1.82, 2.24) is 14.5 Å². The van der Waals surface area contributed by atoms with Crippen molar-refractivity contribution >= 4 is 22.8 Å². The molecule has 0 saturated carbocycles. The lowest BCUT2D eigenvalue weighted by molar-refractivity contribution is 0.745. The number of hydrogen-bond acceptors (Lipinski definition) is 3. The van der Waals surface area contributed by atoms with Crippen LogP contribution in [0.25, 0.3) is 22.3 Å². The highest BCUT2D eigenvalue weighted by atomic mass is 35.5. The molecule has 2 aromatic carbocycles. The number of halogens is 1. The van der Waals surface area contributed by atoms with Crippen LogP contribution in [-0.4, -0.2) is 14.5 Å². The van der Waals surface area contributed by atoms with Gasteiger partial charge in [0.1, 0.15) is 11.3 Å². The van der Waals surface area contributed by atoms with E-state index in [1.807, 2.05) is 25.1 Å². The lowest BCUT2D eigenvalue weighted by Crippen LogP contribution is -2.05. The van der Waals surface area contributed by atoms with Crippen LogP contribution in [0.15, 0.2) is 48.5 Å². The lowest BCUT2D eigenvalue weighted by Gasteiger charge is -2.10. The number of benzene rings is 2. The topological polar surface area (TPSA) is 54.5 Å². The third-order valence-electron chi connectivity index (χ3n) is 5.12. The van der Waals surface area contributed by atoms with Crippen molar-refractivity contribution in [2.45, 2.75) is 33.7 Å². The fourth-order valence-electron chi connectivity index (χ4n) is 3.71. The molecule has 0 radical (unpaired) electrons. The average Bonchev–Trinajstić information content (AvgIpc) is 3.06. The van der Waals surface area contributed by atoms with Crippen LogP contribution in [-0.2, 0) is 13.0 Å². The third kappa shape index (κ3) is 3.62. The van der Waals surface area contributed by atoms with E-state index in [0.717, 1.165) is 51.4 Å². The number of hydrogen-bond donors (Lipinski definition) is 0. The largest absolute Gasteiger partial charge is 0.308 e. The van der Waals surface area contributed by atoms with Crippen molar-refractivity contribution in [1.29, 1.82) is 5.26 Å². The molecule has 0 atom stereocenters. The highest BCUT2D eigenvalue weighted by Gasteiger charge is 2.14. The first kappa shape index (κ1) is 19.2. The van der Waals surface area contributed by atoms with Gasteiger partial charge in [-0.2, -0.15) is 5.26 Å².